The molecule has 3 aliphatic rings. The maximum Gasteiger partial charge on any atom is 0.296 e. The van der Waals surface area contributed by atoms with Crippen LogP contribution in [0.25, 0.3) is 0 Å². The molecule has 6 nitrogen and oxygen atoms in total. The normalized spacial score (nSPS) is 23.5. The Morgan fingerprint density at radius 2 is 1.69 bits per heavy atom. The van der Waals surface area contributed by atoms with Crippen LogP contribution in [0.15, 0.2) is 22.5 Å². The van der Waals surface area contributed by atoms with Gasteiger partial charge in [-0.25, -0.2) is 0 Å². The van der Waals surface area contributed by atoms with Crippen LogP contribution in [0.4, 0.5) is 0 Å². The van der Waals surface area contributed by atoms with E-state index in [0.29, 0.717) is 11.4 Å². The van der Waals surface area contributed by atoms with E-state index in [2.05, 4.69) is 10.6 Å². The van der Waals surface area contributed by atoms with Crippen LogP contribution in [-0.4, -0.2) is 29.8 Å². The quantitative estimate of drug-likeness (QED) is 0.375. The van der Waals surface area contributed by atoms with Crippen molar-refractivity contribution in [1.29, 1.82) is 0 Å². The molecule has 0 atom stereocenters. The third-order valence-electron chi connectivity index (χ3n) is 2.84. The van der Waals surface area contributed by atoms with Crippen molar-refractivity contribution >= 4 is 23.3 Å². The molecule has 0 fully saturated rings. The highest BCUT2D eigenvalue weighted by atomic mass is 16.2. The first-order valence-corrected chi connectivity index (χ1v) is 4.73. The Balaban J connectivity index is 2.20. The lowest BCUT2D eigenvalue weighted by atomic mass is 9.91. The van der Waals surface area contributed by atoms with Gasteiger partial charge in [0.1, 0.15) is 0 Å². The predicted molar refractivity (Wildman–Crippen MR) is 49.8 cm³/mol. The summed E-state index contributed by atoms with van der Waals surface area (Å²) < 4.78 is 0. The average molecular weight is 218 g/mol. The fourth-order valence-electron chi connectivity index (χ4n) is 2.12. The zero-order valence-electron chi connectivity index (χ0n) is 8.05. The second-order valence-corrected chi connectivity index (χ2v) is 3.76. The fraction of sp³-hybridized carbons (Fsp3) is 0.200. The molecule has 0 bridgehead atoms. The molecule has 1 aliphatic carbocycles. The Morgan fingerprint density at radius 3 is 2.44 bits per heavy atom. The summed E-state index contributed by atoms with van der Waals surface area (Å²) in [5.41, 5.74) is 0.843. The fourth-order valence-corrected chi connectivity index (χ4v) is 2.12. The van der Waals surface area contributed by atoms with Crippen LogP contribution in [0.1, 0.15) is 6.42 Å². The molecule has 6 heteroatoms. The van der Waals surface area contributed by atoms with Gasteiger partial charge in [-0.2, -0.15) is 0 Å². The summed E-state index contributed by atoms with van der Waals surface area (Å²) in [5.74, 6) is -2.11. The van der Waals surface area contributed by atoms with Crippen LogP contribution in [0.5, 0.6) is 0 Å². The molecular weight excluding hydrogens is 212 g/mol. The SMILES string of the molecule is O=C1CNC2=C1C(=O)CC1=C2NC(=O)C1=O. The van der Waals surface area contributed by atoms with Crippen molar-refractivity contribution in [1.82, 2.24) is 10.6 Å². The summed E-state index contributed by atoms with van der Waals surface area (Å²) in [6.45, 7) is 0.0389. The number of ketones is 3. The maximum absolute atomic E-state index is 11.6. The van der Waals surface area contributed by atoms with E-state index in [9.17, 15) is 19.2 Å². The van der Waals surface area contributed by atoms with E-state index in [1.165, 1.54) is 0 Å². The molecule has 2 N–H and O–H groups in total. The van der Waals surface area contributed by atoms with Crippen molar-refractivity contribution in [3.63, 3.8) is 0 Å². The van der Waals surface area contributed by atoms with E-state index in [0.717, 1.165) is 0 Å². The Morgan fingerprint density at radius 1 is 0.938 bits per heavy atom. The van der Waals surface area contributed by atoms with Gasteiger partial charge in [0.15, 0.2) is 11.6 Å². The molecule has 0 radical (unpaired) electrons. The zero-order valence-corrected chi connectivity index (χ0v) is 8.05. The van der Waals surface area contributed by atoms with Crippen molar-refractivity contribution < 1.29 is 19.2 Å². The molecule has 3 rings (SSSR count). The van der Waals surface area contributed by atoms with Crippen LogP contribution in [-0.2, 0) is 19.2 Å². The van der Waals surface area contributed by atoms with Crippen LogP contribution in [0.2, 0.25) is 0 Å². The number of hydrogen-bond donors (Lipinski definition) is 2. The molecule has 0 spiro atoms. The van der Waals surface area contributed by atoms with Gasteiger partial charge in [-0.15, -0.1) is 0 Å². The van der Waals surface area contributed by atoms with Crippen LogP contribution in [0, 0.1) is 0 Å². The summed E-state index contributed by atoms with van der Waals surface area (Å²) >= 11 is 0. The van der Waals surface area contributed by atoms with Gasteiger partial charge in [0, 0.05) is 12.0 Å². The van der Waals surface area contributed by atoms with Gasteiger partial charge in [-0.3, -0.25) is 19.2 Å². The second kappa shape index (κ2) is 2.66. The number of carbonyl (C=O) groups is 4. The van der Waals surface area contributed by atoms with E-state index in [1.54, 1.807) is 0 Å². The lowest BCUT2D eigenvalue weighted by Crippen LogP contribution is -2.24. The van der Waals surface area contributed by atoms with Crippen LogP contribution < -0.4 is 10.6 Å². The van der Waals surface area contributed by atoms with Crippen LogP contribution in [0.3, 0.4) is 0 Å². The molecule has 1 amide bonds. The molecule has 0 saturated heterocycles. The molecule has 16 heavy (non-hydrogen) atoms. The summed E-state index contributed by atoms with van der Waals surface area (Å²) in [6, 6.07) is 0. The van der Waals surface area contributed by atoms with Crippen LogP contribution >= 0.6 is 0 Å². The standard InChI is InChI=1S/C10H6N2O4/c13-4-1-3-7(12-10(16)9(3)15)8-6(4)5(14)2-11-8/h11H,1-2H2,(H,12,15,16). The summed E-state index contributed by atoms with van der Waals surface area (Å²) in [4.78, 5) is 45.6. The molecule has 2 aliphatic heterocycles. The Kier molecular flexibility index (Phi) is 1.50. The summed E-state index contributed by atoms with van der Waals surface area (Å²) in [5, 5.41) is 5.12. The minimum atomic E-state index is -0.743. The molecular formula is C10H6N2O4. The Bertz CT molecular complexity index is 553. The number of fused-ring (bicyclic) bond motifs is 1. The van der Waals surface area contributed by atoms with Gasteiger partial charge in [-0.1, -0.05) is 0 Å². The molecule has 0 aromatic rings. The third-order valence-corrected chi connectivity index (χ3v) is 2.84. The molecule has 2 heterocycles. The first kappa shape index (κ1) is 9.02. The van der Waals surface area contributed by atoms with Crippen molar-refractivity contribution in [3.8, 4) is 0 Å². The number of Topliss-reactive ketones (excluding diaryl/α,β-unsaturated/α-hetero) is 3. The van der Waals surface area contributed by atoms with E-state index in [4.69, 9.17) is 0 Å². The van der Waals surface area contributed by atoms with Gasteiger partial charge in [0.2, 0.25) is 5.78 Å². The molecule has 80 valence electrons. The number of amides is 1. The lowest BCUT2D eigenvalue weighted by molar-refractivity contribution is -0.134. The maximum atomic E-state index is 11.6. The zero-order chi connectivity index (χ0) is 11.4. The van der Waals surface area contributed by atoms with Crippen molar-refractivity contribution in [3.05, 3.63) is 22.5 Å². The second-order valence-electron chi connectivity index (χ2n) is 3.76. The Hall–Kier alpha value is -2.24. The monoisotopic (exact) mass is 218 g/mol. The summed E-state index contributed by atoms with van der Waals surface area (Å²) in [6.07, 6.45) is -0.168. The number of carbonyl (C=O) groups excluding carboxylic acids is 4. The van der Waals surface area contributed by atoms with E-state index in [-0.39, 0.29) is 29.9 Å². The highest BCUT2D eigenvalue weighted by Crippen LogP contribution is 2.31. The van der Waals surface area contributed by atoms with Crippen molar-refractivity contribution in [2.24, 2.45) is 0 Å². The third kappa shape index (κ3) is 0.906. The minimum Gasteiger partial charge on any atom is -0.375 e. The number of hydrogen-bond acceptors (Lipinski definition) is 5. The molecule has 0 saturated carbocycles. The van der Waals surface area contributed by atoms with Crippen molar-refractivity contribution in [2.75, 3.05) is 6.54 Å². The van der Waals surface area contributed by atoms with E-state index < -0.39 is 17.5 Å². The Labute approximate surface area is 89.4 Å². The van der Waals surface area contributed by atoms with Gasteiger partial charge >= 0.3 is 0 Å². The predicted octanol–water partition coefficient (Wildman–Crippen LogP) is -1.66. The molecule has 0 unspecified atom stereocenters. The van der Waals surface area contributed by atoms with Gasteiger partial charge in [0.25, 0.3) is 5.91 Å². The van der Waals surface area contributed by atoms with Crippen molar-refractivity contribution in [2.45, 2.75) is 6.42 Å². The molecule has 0 aromatic carbocycles. The minimum absolute atomic E-state index is 0.0389. The van der Waals surface area contributed by atoms with Gasteiger partial charge < -0.3 is 10.6 Å². The number of nitrogens with one attached hydrogen (secondary N) is 2. The molecule has 0 aromatic heterocycles. The average Bonchev–Trinajstić information content (AvgIpc) is 2.74. The highest BCUT2D eigenvalue weighted by Gasteiger charge is 2.43. The number of rotatable bonds is 0. The van der Waals surface area contributed by atoms with Gasteiger partial charge in [-0.05, 0) is 0 Å². The summed E-state index contributed by atoms with van der Waals surface area (Å²) in [7, 11) is 0. The van der Waals surface area contributed by atoms with Gasteiger partial charge in [0.05, 0.1) is 23.5 Å². The van der Waals surface area contributed by atoms with E-state index >= 15 is 0 Å². The largest absolute Gasteiger partial charge is 0.375 e. The highest BCUT2D eigenvalue weighted by molar-refractivity contribution is 6.47. The smallest absolute Gasteiger partial charge is 0.296 e. The van der Waals surface area contributed by atoms with E-state index in [1.807, 2.05) is 0 Å². The topological polar surface area (TPSA) is 92.3 Å². The first-order chi connectivity index (χ1) is 7.59. The lowest BCUT2D eigenvalue weighted by Gasteiger charge is -2.13. The first-order valence-electron chi connectivity index (χ1n) is 4.73.